The van der Waals surface area contributed by atoms with E-state index in [1.807, 2.05) is 78.2 Å². The molecule has 1 amide bonds. The van der Waals surface area contributed by atoms with Crippen molar-refractivity contribution < 1.29 is 19.0 Å². The number of benzene rings is 3. The van der Waals surface area contributed by atoms with E-state index in [-0.39, 0.29) is 12.7 Å². The first-order valence-corrected chi connectivity index (χ1v) is 11.2. The molecule has 0 fully saturated rings. The van der Waals surface area contributed by atoms with Gasteiger partial charge in [0.1, 0.15) is 11.4 Å². The molecule has 4 aromatic rings. The smallest absolute Gasteiger partial charge is 0.268 e. The molecule has 1 aliphatic rings. The summed E-state index contributed by atoms with van der Waals surface area (Å²) in [5.41, 5.74) is 3.42. The lowest BCUT2D eigenvalue weighted by molar-refractivity contribution is 0.0942. The van der Waals surface area contributed by atoms with Crippen LogP contribution < -0.4 is 19.5 Å². The summed E-state index contributed by atoms with van der Waals surface area (Å²) in [4.78, 5) is 13.3. The molecule has 3 aromatic carbocycles. The lowest BCUT2D eigenvalue weighted by Gasteiger charge is -2.12. The van der Waals surface area contributed by atoms with Gasteiger partial charge in [0.25, 0.3) is 5.91 Å². The summed E-state index contributed by atoms with van der Waals surface area (Å²) >= 11 is 6.20. The number of rotatable bonds is 7. The summed E-state index contributed by atoms with van der Waals surface area (Å²) in [5, 5.41) is 4.59. The quantitative estimate of drug-likeness (QED) is 0.399. The van der Waals surface area contributed by atoms with Gasteiger partial charge in [-0.3, -0.25) is 4.79 Å². The molecule has 6 nitrogen and oxygen atoms in total. The van der Waals surface area contributed by atoms with Gasteiger partial charge >= 0.3 is 0 Å². The Morgan fingerprint density at radius 1 is 1.03 bits per heavy atom. The second kappa shape index (κ2) is 9.08. The van der Waals surface area contributed by atoms with Gasteiger partial charge in [0.2, 0.25) is 6.79 Å². The first kappa shape index (κ1) is 21.2. The van der Waals surface area contributed by atoms with Gasteiger partial charge in [-0.05, 0) is 60.5 Å². The zero-order valence-electron chi connectivity index (χ0n) is 18.1. The number of fused-ring (bicyclic) bond motifs is 2. The number of aromatic nitrogens is 1. The molecule has 0 unspecified atom stereocenters. The lowest BCUT2D eigenvalue weighted by Crippen LogP contribution is -2.25. The summed E-state index contributed by atoms with van der Waals surface area (Å²) in [5.74, 6) is 1.99. The van der Waals surface area contributed by atoms with Crippen molar-refractivity contribution in [3.05, 3.63) is 88.6 Å². The third-order valence-electron chi connectivity index (χ3n) is 5.56. The van der Waals surface area contributed by atoms with Gasteiger partial charge in [-0.15, -0.1) is 0 Å². The van der Waals surface area contributed by atoms with E-state index >= 15 is 0 Å². The zero-order valence-corrected chi connectivity index (χ0v) is 18.9. The number of nitrogens with one attached hydrogen (secondary N) is 1. The van der Waals surface area contributed by atoms with Crippen molar-refractivity contribution in [1.82, 2.24) is 9.88 Å². The molecular weight excluding hydrogens is 440 g/mol. The number of carbonyl (C=O) groups excluding carboxylic acids is 1. The van der Waals surface area contributed by atoms with E-state index in [2.05, 4.69) is 5.32 Å². The van der Waals surface area contributed by atoms with Gasteiger partial charge in [-0.25, -0.2) is 0 Å². The molecule has 0 saturated heterocycles. The first-order valence-electron chi connectivity index (χ1n) is 10.8. The van der Waals surface area contributed by atoms with E-state index in [1.165, 1.54) is 0 Å². The minimum atomic E-state index is -0.173. The highest BCUT2D eigenvalue weighted by Crippen LogP contribution is 2.33. The summed E-state index contributed by atoms with van der Waals surface area (Å²) in [6.45, 7) is 3.58. The van der Waals surface area contributed by atoms with Gasteiger partial charge in [0.15, 0.2) is 11.5 Å². The van der Waals surface area contributed by atoms with E-state index in [0.717, 1.165) is 33.5 Å². The molecule has 1 aliphatic heterocycles. The van der Waals surface area contributed by atoms with Gasteiger partial charge in [0, 0.05) is 23.5 Å². The fourth-order valence-electron chi connectivity index (χ4n) is 4.04. The Morgan fingerprint density at radius 3 is 2.73 bits per heavy atom. The SMILES string of the molecule is CCOc1cccc2c1cc(C(=O)NCc1ccc3c(c1)OCO3)n2Cc1cccc(Cl)c1. The average Bonchev–Trinajstić information content (AvgIpc) is 3.43. The topological polar surface area (TPSA) is 61.7 Å². The van der Waals surface area contributed by atoms with Crippen molar-refractivity contribution in [2.75, 3.05) is 13.4 Å². The molecule has 1 aromatic heterocycles. The Bertz CT molecular complexity index is 1330. The molecule has 0 spiro atoms. The Hall–Kier alpha value is -3.64. The van der Waals surface area contributed by atoms with Crippen LogP contribution in [0.1, 0.15) is 28.5 Å². The fourth-order valence-corrected chi connectivity index (χ4v) is 4.25. The van der Waals surface area contributed by atoms with Gasteiger partial charge in [-0.1, -0.05) is 35.9 Å². The third kappa shape index (κ3) is 4.34. The predicted molar refractivity (Wildman–Crippen MR) is 127 cm³/mol. The highest BCUT2D eigenvalue weighted by atomic mass is 35.5. The van der Waals surface area contributed by atoms with Crippen LogP contribution >= 0.6 is 11.6 Å². The maximum atomic E-state index is 13.3. The van der Waals surface area contributed by atoms with Gasteiger partial charge < -0.3 is 24.1 Å². The number of nitrogens with zero attached hydrogens (tertiary/aromatic N) is 1. The van der Waals surface area contributed by atoms with Crippen LogP contribution in [-0.4, -0.2) is 23.9 Å². The van der Waals surface area contributed by atoms with E-state index in [9.17, 15) is 4.79 Å². The second-order valence-corrected chi connectivity index (χ2v) is 8.17. The molecule has 0 aliphatic carbocycles. The number of hydrogen-bond acceptors (Lipinski definition) is 4. The molecule has 0 saturated carbocycles. The molecular formula is C26H23ClN2O4. The third-order valence-corrected chi connectivity index (χ3v) is 5.79. The number of halogens is 1. The molecule has 0 atom stereocenters. The minimum absolute atomic E-state index is 0.173. The predicted octanol–water partition coefficient (Wildman–Crippen LogP) is 5.40. The van der Waals surface area contributed by atoms with Crippen LogP contribution in [0, 0.1) is 0 Å². The molecule has 7 heteroatoms. The van der Waals surface area contributed by atoms with E-state index < -0.39 is 0 Å². The molecule has 0 bridgehead atoms. The molecule has 1 N–H and O–H groups in total. The van der Waals surface area contributed by atoms with Crippen LogP contribution in [0.3, 0.4) is 0 Å². The number of carbonyl (C=O) groups is 1. The maximum Gasteiger partial charge on any atom is 0.268 e. The Labute approximate surface area is 196 Å². The Morgan fingerprint density at radius 2 is 1.88 bits per heavy atom. The Kier molecular flexibility index (Phi) is 5.84. The number of ether oxygens (including phenoxy) is 3. The van der Waals surface area contributed by atoms with E-state index in [1.54, 1.807) is 0 Å². The highest BCUT2D eigenvalue weighted by molar-refractivity contribution is 6.30. The summed E-state index contributed by atoms with van der Waals surface area (Å²) < 4.78 is 18.6. The fraction of sp³-hybridized carbons (Fsp3) is 0.192. The van der Waals surface area contributed by atoms with Crippen molar-refractivity contribution >= 4 is 28.4 Å². The van der Waals surface area contributed by atoms with Crippen LogP contribution in [-0.2, 0) is 13.1 Å². The van der Waals surface area contributed by atoms with Crippen LogP contribution in [0.2, 0.25) is 5.02 Å². The lowest BCUT2D eigenvalue weighted by atomic mass is 10.2. The van der Waals surface area contributed by atoms with E-state index in [0.29, 0.717) is 36.2 Å². The summed E-state index contributed by atoms with van der Waals surface area (Å²) in [6, 6.07) is 21.1. The standard InChI is InChI=1S/C26H23ClN2O4/c1-2-31-23-8-4-7-21-20(23)13-22(29(21)15-18-5-3-6-19(27)11-18)26(30)28-14-17-9-10-24-25(12-17)33-16-32-24/h3-13H,2,14-16H2,1H3,(H,28,30). The number of hydrogen-bond donors (Lipinski definition) is 1. The first-order chi connectivity index (χ1) is 16.1. The van der Waals surface area contributed by atoms with Crippen molar-refractivity contribution in [3.8, 4) is 17.2 Å². The monoisotopic (exact) mass is 462 g/mol. The minimum Gasteiger partial charge on any atom is -0.493 e. The van der Waals surface area contributed by atoms with Crippen molar-refractivity contribution in [3.63, 3.8) is 0 Å². The van der Waals surface area contributed by atoms with Crippen LogP contribution in [0.5, 0.6) is 17.2 Å². The normalized spacial score (nSPS) is 12.2. The van der Waals surface area contributed by atoms with Gasteiger partial charge in [-0.2, -0.15) is 0 Å². The molecule has 5 rings (SSSR count). The summed E-state index contributed by atoms with van der Waals surface area (Å²) in [6.07, 6.45) is 0. The second-order valence-electron chi connectivity index (χ2n) is 7.74. The largest absolute Gasteiger partial charge is 0.493 e. The van der Waals surface area contributed by atoms with Crippen LogP contribution in [0.25, 0.3) is 10.9 Å². The average molecular weight is 463 g/mol. The van der Waals surface area contributed by atoms with Crippen molar-refractivity contribution in [2.24, 2.45) is 0 Å². The molecule has 168 valence electrons. The Balaban J connectivity index is 1.47. The highest BCUT2D eigenvalue weighted by Gasteiger charge is 2.19. The maximum absolute atomic E-state index is 13.3. The van der Waals surface area contributed by atoms with Crippen LogP contribution in [0.15, 0.2) is 66.7 Å². The van der Waals surface area contributed by atoms with E-state index in [4.69, 9.17) is 25.8 Å². The zero-order chi connectivity index (χ0) is 22.8. The molecule has 2 heterocycles. The summed E-state index contributed by atoms with van der Waals surface area (Å²) in [7, 11) is 0. The van der Waals surface area contributed by atoms with Gasteiger partial charge in [0.05, 0.1) is 12.1 Å². The molecule has 0 radical (unpaired) electrons. The molecule has 33 heavy (non-hydrogen) atoms. The van der Waals surface area contributed by atoms with Crippen molar-refractivity contribution in [1.29, 1.82) is 0 Å². The van der Waals surface area contributed by atoms with Crippen LogP contribution in [0.4, 0.5) is 0 Å². The number of amides is 1. The van der Waals surface area contributed by atoms with Crippen molar-refractivity contribution in [2.45, 2.75) is 20.0 Å².